The van der Waals surface area contributed by atoms with Crippen LogP contribution in [0.2, 0.25) is 0 Å². The molecule has 3 rings (SSSR count). The maximum atomic E-state index is 13.3. The molecule has 0 aliphatic heterocycles. The van der Waals surface area contributed by atoms with Crippen LogP contribution in [-0.4, -0.2) is 20.3 Å². The maximum Gasteiger partial charge on any atom is 0.271 e. The molecule has 0 fully saturated rings. The second-order valence-corrected chi connectivity index (χ2v) is 4.44. The minimum Gasteiger partial charge on any atom is -0.364 e. The van der Waals surface area contributed by atoms with Crippen molar-refractivity contribution in [1.29, 1.82) is 0 Å². The van der Waals surface area contributed by atoms with Crippen molar-refractivity contribution >= 4 is 11.6 Å². The number of aryl methyl sites for hydroxylation is 1. The first kappa shape index (κ1) is 12.3. The number of aromatic nitrogens is 3. The van der Waals surface area contributed by atoms with Gasteiger partial charge in [-0.25, -0.2) is 14.4 Å². The Morgan fingerprint density at radius 2 is 2.15 bits per heavy atom. The number of amides is 1. The topological polar surface area (TPSA) is 73.3 Å². The van der Waals surface area contributed by atoms with Crippen molar-refractivity contribution in [2.45, 2.75) is 6.92 Å². The summed E-state index contributed by atoms with van der Waals surface area (Å²) in [5.74, 6) is -0.985. The number of nitrogens with two attached hydrogens (primary N) is 1. The predicted octanol–water partition coefficient (Wildman–Crippen LogP) is 1.94. The fraction of sp³-hybridized carbons (Fsp3) is 0.0714. The van der Waals surface area contributed by atoms with Crippen molar-refractivity contribution in [2.75, 3.05) is 0 Å². The second kappa shape index (κ2) is 4.41. The van der Waals surface area contributed by atoms with Crippen LogP contribution >= 0.6 is 0 Å². The van der Waals surface area contributed by atoms with Gasteiger partial charge in [0.05, 0.1) is 5.69 Å². The van der Waals surface area contributed by atoms with Gasteiger partial charge in [0.15, 0.2) is 11.3 Å². The summed E-state index contributed by atoms with van der Waals surface area (Å²) in [6.45, 7) is 1.85. The average Bonchev–Trinajstić information content (AvgIpc) is 2.83. The molecule has 6 heteroatoms. The minimum atomic E-state index is -0.643. The standard InChI is InChI=1S/C14H11FN4O/c1-8-5-11(9-3-2-4-10(15)6-9)18-14-12(13(16)20)17-7-19(8)14/h2-7H,1H3,(H2,16,20). The Morgan fingerprint density at radius 3 is 2.85 bits per heavy atom. The molecule has 3 aromatic rings. The SMILES string of the molecule is Cc1cc(-c2cccc(F)c2)nc2c(C(N)=O)ncn12. The summed E-state index contributed by atoms with van der Waals surface area (Å²) >= 11 is 0. The van der Waals surface area contributed by atoms with Gasteiger partial charge in [-0.1, -0.05) is 12.1 Å². The lowest BCUT2D eigenvalue weighted by Gasteiger charge is -2.06. The van der Waals surface area contributed by atoms with Crippen molar-refractivity contribution in [2.24, 2.45) is 5.73 Å². The smallest absolute Gasteiger partial charge is 0.271 e. The number of halogens is 1. The third kappa shape index (κ3) is 1.91. The van der Waals surface area contributed by atoms with E-state index in [-0.39, 0.29) is 11.5 Å². The highest BCUT2D eigenvalue weighted by atomic mass is 19.1. The normalized spacial score (nSPS) is 10.9. The summed E-state index contributed by atoms with van der Waals surface area (Å²) in [7, 11) is 0. The minimum absolute atomic E-state index is 0.103. The molecule has 0 atom stereocenters. The summed E-state index contributed by atoms with van der Waals surface area (Å²) < 4.78 is 15.0. The molecule has 1 aromatic carbocycles. The zero-order valence-corrected chi connectivity index (χ0v) is 10.7. The van der Waals surface area contributed by atoms with Crippen LogP contribution in [0.15, 0.2) is 36.7 Å². The lowest BCUT2D eigenvalue weighted by Crippen LogP contribution is -2.12. The van der Waals surface area contributed by atoms with Crippen LogP contribution in [0.1, 0.15) is 16.2 Å². The van der Waals surface area contributed by atoms with Crippen LogP contribution in [0.4, 0.5) is 4.39 Å². The molecule has 2 aromatic heterocycles. The fourth-order valence-electron chi connectivity index (χ4n) is 2.09. The monoisotopic (exact) mass is 270 g/mol. The molecule has 5 nitrogen and oxygen atoms in total. The van der Waals surface area contributed by atoms with Crippen molar-refractivity contribution in [3.05, 3.63) is 53.9 Å². The molecule has 0 aliphatic rings. The number of rotatable bonds is 2. The lowest BCUT2D eigenvalue weighted by atomic mass is 10.1. The highest BCUT2D eigenvalue weighted by Crippen LogP contribution is 2.21. The largest absolute Gasteiger partial charge is 0.364 e. The van der Waals surface area contributed by atoms with E-state index < -0.39 is 5.91 Å². The number of nitrogens with zero attached hydrogens (tertiary/aromatic N) is 3. The molecule has 2 N–H and O–H groups in total. The van der Waals surface area contributed by atoms with Crippen LogP contribution < -0.4 is 5.73 Å². The predicted molar refractivity (Wildman–Crippen MR) is 71.6 cm³/mol. The van der Waals surface area contributed by atoms with E-state index in [4.69, 9.17) is 5.73 Å². The molecule has 0 unspecified atom stereocenters. The highest BCUT2D eigenvalue weighted by molar-refractivity contribution is 5.97. The fourth-order valence-corrected chi connectivity index (χ4v) is 2.09. The molecule has 0 bridgehead atoms. The number of carbonyl (C=O) groups is 1. The summed E-state index contributed by atoms with van der Waals surface area (Å²) in [4.78, 5) is 19.7. The molecule has 2 heterocycles. The van der Waals surface area contributed by atoms with Gasteiger partial charge in [0.2, 0.25) is 0 Å². The summed E-state index contributed by atoms with van der Waals surface area (Å²) in [6.07, 6.45) is 1.49. The van der Waals surface area contributed by atoms with Gasteiger partial charge >= 0.3 is 0 Å². The third-order valence-electron chi connectivity index (χ3n) is 3.05. The van der Waals surface area contributed by atoms with E-state index in [0.717, 1.165) is 5.69 Å². The highest BCUT2D eigenvalue weighted by Gasteiger charge is 2.14. The zero-order chi connectivity index (χ0) is 14.3. The number of primary amides is 1. The first-order chi connectivity index (χ1) is 9.56. The van der Waals surface area contributed by atoms with E-state index in [2.05, 4.69) is 9.97 Å². The quantitative estimate of drug-likeness (QED) is 0.773. The Morgan fingerprint density at radius 1 is 1.35 bits per heavy atom. The van der Waals surface area contributed by atoms with E-state index in [1.54, 1.807) is 22.6 Å². The molecule has 100 valence electrons. The molecule has 1 amide bonds. The summed E-state index contributed by atoms with van der Waals surface area (Å²) in [5, 5.41) is 0. The maximum absolute atomic E-state index is 13.3. The molecular weight excluding hydrogens is 259 g/mol. The third-order valence-corrected chi connectivity index (χ3v) is 3.05. The number of carbonyl (C=O) groups excluding carboxylic acids is 1. The molecule has 0 radical (unpaired) electrons. The van der Waals surface area contributed by atoms with E-state index in [1.807, 2.05) is 6.92 Å². The van der Waals surface area contributed by atoms with E-state index in [9.17, 15) is 9.18 Å². The van der Waals surface area contributed by atoms with Gasteiger partial charge in [-0.3, -0.25) is 9.20 Å². The van der Waals surface area contributed by atoms with Crippen LogP contribution in [0.5, 0.6) is 0 Å². The Bertz CT molecular complexity index is 825. The number of hydrogen-bond acceptors (Lipinski definition) is 3. The lowest BCUT2D eigenvalue weighted by molar-refractivity contribution is 0.0997. The number of imidazole rings is 1. The molecule has 0 spiro atoms. The first-order valence-corrected chi connectivity index (χ1v) is 5.96. The van der Waals surface area contributed by atoms with Gasteiger partial charge in [-0.15, -0.1) is 0 Å². The second-order valence-electron chi connectivity index (χ2n) is 4.44. The molecule has 0 aliphatic carbocycles. The van der Waals surface area contributed by atoms with Gasteiger partial charge in [-0.2, -0.15) is 0 Å². The van der Waals surface area contributed by atoms with E-state index in [0.29, 0.717) is 16.9 Å². The summed E-state index contributed by atoms with van der Waals surface area (Å²) in [6, 6.07) is 7.91. The number of benzene rings is 1. The van der Waals surface area contributed by atoms with E-state index >= 15 is 0 Å². The van der Waals surface area contributed by atoms with Crippen LogP contribution in [-0.2, 0) is 0 Å². The van der Waals surface area contributed by atoms with Gasteiger partial charge in [0.1, 0.15) is 12.1 Å². The van der Waals surface area contributed by atoms with Crippen LogP contribution in [0, 0.1) is 12.7 Å². The number of fused-ring (bicyclic) bond motifs is 1. The Hall–Kier alpha value is -2.76. The van der Waals surface area contributed by atoms with Crippen molar-refractivity contribution in [1.82, 2.24) is 14.4 Å². The van der Waals surface area contributed by atoms with Crippen LogP contribution in [0.25, 0.3) is 16.9 Å². The average molecular weight is 270 g/mol. The molecule has 0 saturated heterocycles. The van der Waals surface area contributed by atoms with Crippen molar-refractivity contribution in [3.63, 3.8) is 0 Å². The van der Waals surface area contributed by atoms with Crippen LogP contribution in [0.3, 0.4) is 0 Å². The zero-order valence-electron chi connectivity index (χ0n) is 10.7. The number of hydrogen-bond donors (Lipinski definition) is 1. The van der Waals surface area contributed by atoms with Gasteiger partial charge in [0, 0.05) is 11.3 Å². The molecular formula is C14H11FN4O. The Balaban J connectivity index is 2.27. The summed E-state index contributed by atoms with van der Waals surface area (Å²) in [5.41, 5.74) is 7.77. The van der Waals surface area contributed by atoms with Gasteiger partial charge in [0.25, 0.3) is 5.91 Å². The van der Waals surface area contributed by atoms with Gasteiger partial charge < -0.3 is 5.73 Å². The first-order valence-electron chi connectivity index (χ1n) is 5.96. The van der Waals surface area contributed by atoms with Crippen molar-refractivity contribution < 1.29 is 9.18 Å². The van der Waals surface area contributed by atoms with Crippen molar-refractivity contribution in [3.8, 4) is 11.3 Å². The van der Waals surface area contributed by atoms with E-state index in [1.165, 1.54) is 18.5 Å². The molecule has 20 heavy (non-hydrogen) atoms. The van der Waals surface area contributed by atoms with Gasteiger partial charge in [-0.05, 0) is 25.1 Å². The Kier molecular flexibility index (Phi) is 2.71. The molecule has 0 saturated carbocycles. The Labute approximate surface area is 113 Å².